The molecule has 2 N–H and O–H groups in total. The van der Waals surface area contributed by atoms with Gasteiger partial charge in [-0.25, -0.2) is 8.78 Å². The Morgan fingerprint density at radius 2 is 2.20 bits per heavy atom. The molecule has 1 fully saturated rings. The van der Waals surface area contributed by atoms with Crippen LogP contribution in [0.15, 0.2) is 18.2 Å². The number of likely N-dealkylation sites (tertiary alicyclic amines) is 1. The van der Waals surface area contributed by atoms with Crippen molar-refractivity contribution in [2.24, 2.45) is 0 Å². The Morgan fingerprint density at radius 3 is 2.90 bits per heavy atom. The van der Waals surface area contributed by atoms with Crippen LogP contribution in [0.4, 0.5) is 8.78 Å². The molecule has 1 aliphatic rings. The van der Waals surface area contributed by atoms with E-state index in [9.17, 15) is 13.6 Å². The molecule has 2 aromatic rings. The Hall–Kier alpha value is -1.95. The van der Waals surface area contributed by atoms with Gasteiger partial charge in [0.15, 0.2) is 0 Å². The number of aromatic nitrogens is 1. The number of carbonyl (C=O) groups is 1. The summed E-state index contributed by atoms with van der Waals surface area (Å²) in [6.45, 7) is 1.29. The summed E-state index contributed by atoms with van der Waals surface area (Å²) in [7, 11) is 1.86. The first-order valence-electron chi connectivity index (χ1n) is 6.53. The molecule has 1 atom stereocenters. The van der Waals surface area contributed by atoms with Crippen LogP contribution < -0.4 is 5.32 Å². The van der Waals surface area contributed by atoms with Gasteiger partial charge in [0.1, 0.15) is 17.3 Å². The molecule has 0 bridgehead atoms. The van der Waals surface area contributed by atoms with Gasteiger partial charge in [0, 0.05) is 30.6 Å². The summed E-state index contributed by atoms with van der Waals surface area (Å²) in [5.41, 5.74) is 0.594. The van der Waals surface area contributed by atoms with Crippen LogP contribution in [0.3, 0.4) is 0 Å². The maximum Gasteiger partial charge on any atom is 0.270 e. The number of nitrogens with zero attached hydrogens (tertiary/aromatic N) is 1. The summed E-state index contributed by atoms with van der Waals surface area (Å²) in [5.74, 6) is -1.50. The van der Waals surface area contributed by atoms with Crippen molar-refractivity contribution < 1.29 is 13.6 Å². The molecule has 0 aliphatic carbocycles. The van der Waals surface area contributed by atoms with Gasteiger partial charge < -0.3 is 15.2 Å². The maximum atomic E-state index is 13.6. The molecule has 1 aliphatic heterocycles. The number of hydrogen-bond donors (Lipinski definition) is 2. The molecule has 0 radical (unpaired) electrons. The van der Waals surface area contributed by atoms with Crippen LogP contribution in [0, 0.1) is 11.6 Å². The van der Waals surface area contributed by atoms with Crippen molar-refractivity contribution in [1.29, 1.82) is 0 Å². The predicted molar refractivity (Wildman–Crippen MR) is 71.6 cm³/mol. The molecule has 1 saturated heterocycles. The van der Waals surface area contributed by atoms with Crippen LogP contribution in [0.25, 0.3) is 10.9 Å². The minimum absolute atomic E-state index is 0.182. The topological polar surface area (TPSA) is 48.1 Å². The number of likely N-dealkylation sites (N-methyl/N-ethyl adjacent to an activating group) is 1. The van der Waals surface area contributed by atoms with Crippen LogP contribution in [-0.2, 0) is 0 Å². The molecular weight excluding hydrogens is 264 g/mol. The largest absolute Gasteiger partial charge is 0.350 e. The summed E-state index contributed by atoms with van der Waals surface area (Å²) < 4.78 is 26.8. The summed E-state index contributed by atoms with van der Waals surface area (Å²) in [4.78, 5) is 16.8. The second-order valence-electron chi connectivity index (χ2n) is 5.06. The van der Waals surface area contributed by atoms with Crippen molar-refractivity contribution in [2.75, 3.05) is 20.1 Å². The van der Waals surface area contributed by atoms with Crippen LogP contribution in [0.1, 0.15) is 16.9 Å². The number of benzene rings is 1. The number of fused-ring (bicyclic) bond motifs is 1. The van der Waals surface area contributed by atoms with Gasteiger partial charge in [-0.2, -0.15) is 0 Å². The Morgan fingerprint density at radius 1 is 1.40 bits per heavy atom. The Labute approximate surface area is 114 Å². The first-order chi connectivity index (χ1) is 9.58. The molecule has 0 spiro atoms. The zero-order chi connectivity index (χ0) is 14.3. The fourth-order valence-electron chi connectivity index (χ4n) is 2.63. The number of hydrogen-bond acceptors (Lipinski definition) is 2. The second-order valence-corrected chi connectivity index (χ2v) is 5.06. The van der Waals surface area contributed by atoms with Crippen molar-refractivity contribution in [2.45, 2.75) is 12.5 Å². The first-order valence-corrected chi connectivity index (χ1v) is 6.53. The van der Waals surface area contributed by atoms with E-state index < -0.39 is 11.6 Å². The number of H-pyrrole nitrogens is 1. The van der Waals surface area contributed by atoms with E-state index in [1.165, 1.54) is 12.1 Å². The van der Waals surface area contributed by atoms with E-state index in [0.29, 0.717) is 24.3 Å². The number of carbonyl (C=O) groups excluding carboxylic acids is 1. The average molecular weight is 279 g/mol. The lowest BCUT2D eigenvalue weighted by molar-refractivity contribution is 0.0785. The molecule has 0 unspecified atom stereocenters. The smallest absolute Gasteiger partial charge is 0.270 e. The highest BCUT2D eigenvalue weighted by Crippen LogP contribution is 2.22. The van der Waals surface area contributed by atoms with Crippen molar-refractivity contribution in [3.05, 3.63) is 35.5 Å². The summed E-state index contributed by atoms with van der Waals surface area (Å²) in [6.07, 6.45) is 0.894. The molecule has 1 aromatic carbocycles. The van der Waals surface area contributed by atoms with Gasteiger partial charge in [0.2, 0.25) is 0 Å². The van der Waals surface area contributed by atoms with E-state index in [4.69, 9.17) is 0 Å². The fraction of sp³-hybridized carbons (Fsp3) is 0.357. The van der Waals surface area contributed by atoms with Gasteiger partial charge in [-0.1, -0.05) is 0 Å². The summed E-state index contributed by atoms with van der Waals surface area (Å²) in [5, 5.41) is 3.36. The average Bonchev–Trinajstić information content (AvgIpc) is 3.03. The number of halogens is 2. The van der Waals surface area contributed by atoms with E-state index in [1.807, 2.05) is 7.05 Å². The molecule has 1 aromatic heterocycles. The number of nitrogens with one attached hydrogen (secondary N) is 2. The Kier molecular flexibility index (Phi) is 3.17. The normalized spacial score (nSPS) is 18.9. The third kappa shape index (κ3) is 2.16. The Bertz CT molecular complexity index is 668. The summed E-state index contributed by atoms with van der Waals surface area (Å²) in [6, 6.07) is 3.74. The Balaban J connectivity index is 1.91. The minimum atomic E-state index is -0.662. The van der Waals surface area contributed by atoms with Gasteiger partial charge in [0.05, 0.1) is 5.52 Å². The predicted octanol–water partition coefficient (Wildman–Crippen LogP) is 1.88. The molecule has 1 amide bonds. The van der Waals surface area contributed by atoms with Crippen molar-refractivity contribution in [3.63, 3.8) is 0 Å². The number of aromatic amines is 1. The molecular formula is C14H15F2N3O. The SMILES string of the molecule is CN[C@@H]1CCN(C(=O)c2cc3c(F)cc(F)cc3[nH]2)C1. The highest BCUT2D eigenvalue weighted by molar-refractivity contribution is 5.98. The standard InChI is InChI=1S/C14H15F2N3O/c1-17-9-2-3-19(7-9)14(20)13-6-10-11(16)4-8(15)5-12(10)18-13/h4-6,9,17-18H,2-3,7H2,1H3/t9-/m1/s1. The summed E-state index contributed by atoms with van der Waals surface area (Å²) >= 11 is 0. The quantitative estimate of drug-likeness (QED) is 0.882. The second kappa shape index (κ2) is 4.86. The van der Waals surface area contributed by atoms with E-state index in [0.717, 1.165) is 12.5 Å². The molecule has 20 heavy (non-hydrogen) atoms. The molecule has 3 rings (SSSR count). The van der Waals surface area contributed by atoms with Crippen molar-refractivity contribution in [3.8, 4) is 0 Å². The van der Waals surface area contributed by atoms with E-state index in [2.05, 4.69) is 10.3 Å². The number of rotatable bonds is 2. The lowest BCUT2D eigenvalue weighted by Gasteiger charge is -2.15. The third-order valence-corrected chi connectivity index (χ3v) is 3.77. The third-order valence-electron chi connectivity index (χ3n) is 3.77. The van der Waals surface area contributed by atoms with Gasteiger partial charge in [-0.3, -0.25) is 4.79 Å². The minimum Gasteiger partial charge on any atom is -0.350 e. The highest BCUT2D eigenvalue weighted by atomic mass is 19.1. The van der Waals surface area contributed by atoms with Crippen LogP contribution in [0.5, 0.6) is 0 Å². The van der Waals surface area contributed by atoms with E-state index in [1.54, 1.807) is 4.90 Å². The van der Waals surface area contributed by atoms with Gasteiger partial charge in [-0.15, -0.1) is 0 Å². The van der Waals surface area contributed by atoms with Crippen molar-refractivity contribution in [1.82, 2.24) is 15.2 Å². The van der Waals surface area contributed by atoms with Gasteiger partial charge in [0.25, 0.3) is 5.91 Å². The zero-order valence-electron chi connectivity index (χ0n) is 11.0. The zero-order valence-corrected chi connectivity index (χ0v) is 11.0. The molecule has 6 heteroatoms. The molecule has 106 valence electrons. The number of amides is 1. The fourth-order valence-corrected chi connectivity index (χ4v) is 2.63. The monoisotopic (exact) mass is 279 g/mol. The molecule has 2 heterocycles. The molecule has 4 nitrogen and oxygen atoms in total. The lowest BCUT2D eigenvalue weighted by atomic mass is 10.2. The highest BCUT2D eigenvalue weighted by Gasteiger charge is 2.27. The first kappa shape index (κ1) is 13.1. The lowest BCUT2D eigenvalue weighted by Crippen LogP contribution is -2.33. The van der Waals surface area contributed by atoms with Crippen LogP contribution in [0.2, 0.25) is 0 Å². The van der Waals surface area contributed by atoms with Crippen LogP contribution in [-0.4, -0.2) is 42.0 Å². The van der Waals surface area contributed by atoms with Crippen LogP contribution >= 0.6 is 0 Å². The van der Waals surface area contributed by atoms with Crippen molar-refractivity contribution >= 4 is 16.8 Å². The van der Waals surface area contributed by atoms with Gasteiger partial charge >= 0.3 is 0 Å². The van der Waals surface area contributed by atoms with Gasteiger partial charge in [-0.05, 0) is 25.6 Å². The van der Waals surface area contributed by atoms with E-state index in [-0.39, 0.29) is 17.3 Å². The maximum absolute atomic E-state index is 13.6. The van der Waals surface area contributed by atoms with E-state index >= 15 is 0 Å². The molecule has 0 saturated carbocycles.